The van der Waals surface area contributed by atoms with Crippen molar-refractivity contribution in [1.82, 2.24) is 15.0 Å². The van der Waals surface area contributed by atoms with E-state index < -0.39 is 0 Å². The Morgan fingerprint density at radius 3 is 1.22 bits per heavy atom. The molecular formula is C51H33N3S. The van der Waals surface area contributed by atoms with Gasteiger partial charge in [-0.2, -0.15) is 0 Å². The number of rotatable bonds is 7. The minimum absolute atomic E-state index is 0.629. The number of hydrogen-bond donors (Lipinski definition) is 0. The van der Waals surface area contributed by atoms with Crippen LogP contribution in [0.2, 0.25) is 0 Å². The van der Waals surface area contributed by atoms with Crippen LogP contribution in [0.15, 0.2) is 200 Å². The molecule has 0 fully saturated rings. The molecule has 8 aromatic carbocycles. The van der Waals surface area contributed by atoms with Gasteiger partial charge in [0.1, 0.15) is 0 Å². The maximum Gasteiger partial charge on any atom is 0.164 e. The van der Waals surface area contributed by atoms with Crippen LogP contribution in [0.25, 0.3) is 98.8 Å². The summed E-state index contributed by atoms with van der Waals surface area (Å²) in [5.74, 6) is 1.90. The molecule has 3 nitrogen and oxygen atoms in total. The molecule has 0 radical (unpaired) electrons. The molecule has 0 aliphatic rings. The summed E-state index contributed by atoms with van der Waals surface area (Å²) in [5.41, 5.74) is 11.9. The van der Waals surface area contributed by atoms with Crippen molar-refractivity contribution in [1.29, 1.82) is 0 Å². The van der Waals surface area contributed by atoms with E-state index in [1.54, 1.807) is 0 Å². The fraction of sp³-hybridized carbons (Fsp3) is 0. The summed E-state index contributed by atoms with van der Waals surface area (Å²) in [6.07, 6.45) is 0. The Bertz CT molecular complexity index is 2850. The molecule has 0 saturated carbocycles. The average Bonchev–Trinajstić information content (AvgIpc) is 3.65. The zero-order valence-electron chi connectivity index (χ0n) is 29.8. The highest BCUT2D eigenvalue weighted by molar-refractivity contribution is 7.25. The van der Waals surface area contributed by atoms with E-state index in [9.17, 15) is 0 Å². The molecule has 0 saturated heterocycles. The van der Waals surface area contributed by atoms with Crippen LogP contribution in [0.4, 0.5) is 0 Å². The summed E-state index contributed by atoms with van der Waals surface area (Å²) >= 11 is 1.85. The standard InChI is InChI=1S/C51H33N3S/c1-3-13-37(14-4-1)41-17-7-9-20-44(41)50-52-49(53-51(54-50)45-21-10-8-18-42(45)38-15-5-2-6-16-38)39-29-27-35(28-30-39)34-23-25-36(26-24-34)40-31-32-48-46(33-40)43-19-11-12-22-47(43)55-48/h1-33H. The lowest BCUT2D eigenvalue weighted by molar-refractivity contribution is 1.07. The van der Waals surface area contributed by atoms with Gasteiger partial charge in [-0.05, 0) is 62.7 Å². The normalized spacial score (nSPS) is 11.3. The van der Waals surface area contributed by atoms with Gasteiger partial charge in [0.2, 0.25) is 0 Å². The van der Waals surface area contributed by atoms with Gasteiger partial charge in [-0.3, -0.25) is 0 Å². The zero-order valence-corrected chi connectivity index (χ0v) is 30.6. The lowest BCUT2D eigenvalue weighted by Crippen LogP contribution is -2.02. The Kier molecular flexibility index (Phi) is 8.36. The number of aromatic nitrogens is 3. The van der Waals surface area contributed by atoms with Gasteiger partial charge < -0.3 is 0 Å². The molecule has 4 heteroatoms. The van der Waals surface area contributed by atoms with Crippen molar-refractivity contribution in [3.05, 3.63) is 200 Å². The third-order valence-electron chi connectivity index (χ3n) is 10.2. The fourth-order valence-corrected chi connectivity index (χ4v) is 8.50. The SMILES string of the molecule is c1ccc(-c2ccccc2-c2nc(-c3ccc(-c4ccc(-c5ccc6sc7ccccc7c6c5)cc4)cc3)nc(-c3ccccc3-c3ccccc3)n2)cc1. The Morgan fingerprint density at radius 1 is 0.255 bits per heavy atom. The van der Waals surface area contributed by atoms with Crippen LogP contribution in [0.5, 0.6) is 0 Å². The van der Waals surface area contributed by atoms with Crippen molar-refractivity contribution in [3.8, 4) is 78.7 Å². The molecule has 0 bridgehead atoms. The lowest BCUT2D eigenvalue weighted by atomic mass is 9.97. The second-order valence-electron chi connectivity index (χ2n) is 13.6. The van der Waals surface area contributed by atoms with Crippen LogP contribution in [-0.4, -0.2) is 15.0 Å². The first-order valence-electron chi connectivity index (χ1n) is 18.4. The molecule has 0 aliphatic carbocycles. The summed E-state index contributed by atoms with van der Waals surface area (Å²) in [7, 11) is 0. The topological polar surface area (TPSA) is 38.7 Å². The van der Waals surface area contributed by atoms with E-state index in [4.69, 9.17) is 15.0 Å². The van der Waals surface area contributed by atoms with Gasteiger partial charge >= 0.3 is 0 Å². The summed E-state index contributed by atoms with van der Waals surface area (Å²) < 4.78 is 2.65. The first kappa shape index (κ1) is 32.6. The highest BCUT2D eigenvalue weighted by Crippen LogP contribution is 2.38. The third kappa shape index (κ3) is 6.29. The van der Waals surface area contributed by atoms with Gasteiger partial charge in [-0.25, -0.2) is 15.0 Å². The highest BCUT2D eigenvalue weighted by atomic mass is 32.1. The zero-order chi connectivity index (χ0) is 36.6. The predicted molar refractivity (Wildman–Crippen MR) is 231 cm³/mol. The van der Waals surface area contributed by atoms with Gasteiger partial charge in [0, 0.05) is 36.9 Å². The maximum atomic E-state index is 5.18. The van der Waals surface area contributed by atoms with E-state index in [1.165, 1.54) is 31.3 Å². The second kappa shape index (κ2) is 14.1. The van der Waals surface area contributed by atoms with Crippen molar-refractivity contribution in [3.63, 3.8) is 0 Å². The molecule has 10 aromatic rings. The Morgan fingerprint density at radius 2 is 0.655 bits per heavy atom. The molecule has 55 heavy (non-hydrogen) atoms. The number of benzene rings is 8. The van der Waals surface area contributed by atoms with Gasteiger partial charge in [-0.1, -0.05) is 182 Å². The molecule has 0 atom stereocenters. The Balaban J connectivity index is 1.03. The smallest absolute Gasteiger partial charge is 0.164 e. The van der Waals surface area contributed by atoms with E-state index in [0.29, 0.717) is 17.5 Å². The maximum absolute atomic E-state index is 5.18. The first-order valence-corrected chi connectivity index (χ1v) is 19.3. The van der Waals surface area contributed by atoms with Crippen LogP contribution in [0.3, 0.4) is 0 Å². The van der Waals surface area contributed by atoms with E-state index in [0.717, 1.165) is 50.1 Å². The average molecular weight is 720 g/mol. The minimum Gasteiger partial charge on any atom is -0.208 e. The van der Waals surface area contributed by atoms with Crippen LogP contribution in [0, 0.1) is 0 Å². The van der Waals surface area contributed by atoms with E-state index in [2.05, 4.69) is 176 Å². The van der Waals surface area contributed by atoms with Crippen molar-refractivity contribution in [2.75, 3.05) is 0 Å². The summed E-state index contributed by atoms with van der Waals surface area (Å²) in [4.78, 5) is 15.5. The molecule has 0 aliphatic heterocycles. The van der Waals surface area contributed by atoms with Crippen LogP contribution in [0.1, 0.15) is 0 Å². The number of fused-ring (bicyclic) bond motifs is 3. The molecular weight excluding hydrogens is 687 g/mol. The minimum atomic E-state index is 0.629. The van der Waals surface area contributed by atoms with E-state index in [-0.39, 0.29) is 0 Å². The van der Waals surface area contributed by atoms with Crippen molar-refractivity contribution < 1.29 is 0 Å². The van der Waals surface area contributed by atoms with Crippen molar-refractivity contribution in [2.45, 2.75) is 0 Å². The molecule has 0 unspecified atom stereocenters. The fourth-order valence-electron chi connectivity index (χ4n) is 7.41. The van der Waals surface area contributed by atoms with E-state index >= 15 is 0 Å². The molecule has 2 heterocycles. The van der Waals surface area contributed by atoms with Crippen molar-refractivity contribution >= 4 is 31.5 Å². The Labute approximate surface area is 323 Å². The third-order valence-corrected chi connectivity index (χ3v) is 11.4. The molecule has 0 N–H and O–H groups in total. The van der Waals surface area contributed by atoms with Crippen LogP contribution < -0.4 is 0 Å². The van der Waals surface area contributed by atoms with Crippen LogP contribution in [-0.2, 0) is 0 Å². The Hall–Kier alpha value is -7.01. The van der Waals surface area contributed by atoms with Crippen molar-refractivity contribution in [2.24, 2.45) is 0 Å². The quantitative estimate of drug-likeness (QED) is 0.165. The number of thiophene rings is 1. The van der Waals surface area contributed by atoms with Crippen LogP contribution >= 0.6 is 11.3 Å². The van der Waals surface area contributed by atoms with Gasteiger partial charge in [0.15, 0.2) is 17.5 Å². The number of nitrogens with zero attached hydrogens (tertiary/aromatic N) is 3. The summed E-state index contributed by atoms with van der Waals surface area (Å²) in [6, 6.07) is 70.4. The lowest BCUT2D eigenvalue weighted by Gasteiger charge is -2.14. The molecule has 0 amide bonds. The summed E-state index contributed by atoms with van der Waals surface area (Å²) in [6.45, 7) is 0. The van der Waals surface area contributed by atoms with E-state index in [1.807, 2.05) is 35.6 Å². The monoisotopic (exact) mass is 719 g/mol. The molecule has 2 aromatic heterocycles. The molecule has 0 spiro atoms. The largest absolute Gasteiger partial charge is 0.208 e. The number of hydrogen-bond acceptors (Lipinski definition) is 4. The van der Waals surface area contributed by atoms with Gasteiger partial charge in [0.05, 0.1) is 0 Å². The van der Waals surface area contributed by atoms with Gasteiger partial charge in [0.25, 0.3) is 0 Å². The molecule has 258 valence electrons. The molecule has 10 rings (SSSR count). The first-order chi connectivity index (χ1) is 27.2. The second-order valence-corrected chi connectivity index (χ2v) is 14.7. The highest BCUT2D eigenvalue weighted by Gasteiger charge is 2.18. The predicted octanol–water partition coefficient (Wildman–Crippen LogP) is 13.9. The summed E-state index contributed by atoms with van der Waals surface area (Å²) in [5, 5.41) is 2.63. The van der Waals surface area contributed by atoms with Gasteiger partial charge in [-0.15, -0.1) is 11.3 Å².